The number of benzene rings is 1. The molecule has 2 aliphatic carbocycles. The van der Waals surface area contributed by atoms with Crippen molar-refractivity contribution in [3.05, 3.63) is 76.4 Å². The second kappa shape index (κ2) is 7.16. The minimum absolute atomic E-state index is 0.0782. The van der Waals surface area contributed by atoms with Crippen molar-refractivity contribution in [1.29, 1.82) is 0 Å². The largest absolute Gasteiger partial charge is 0.290 e. The predicted octanol–water partition coefficient (Wildman–Crippen LogP) is 6.50. The minimum Gasteiger partial charge on any atom is -0.290 e. The van der Waals surface area contributed by atoms with Gasteiger partial charge in [-0.2, -0.15) is 0 Å². The lowest BCUT2D eigenvalue weighted by molar-refractivity contribution is -0.112. The van der Waals surface area contributed by atoms with E-state index in [1.807, 2.05) is 36.4 Å². The first-order valence-corrected chi connectivity index (χ1v) is 10.2. The lowest BCUT2D eigenvalue weighted by atomic mass is 9.71. The fraction of sp³-hybridized carbons (Fsp3) is 0.385. The molecule has 0 atom stereocenters. The Morgan fingerprint density at radius 2 is 1.32 bits per heavy atom. The van der Waals surface area contributed by atoms with Crippen LogP contribution in [-0.2, 0) is 4.79 Å². The standard InChI is InChI=1S/C26H30O2/c1-7-25(3,4)21-15-17(13-14-23(21)27)20-16-22(26(5,6)8-2)24(28)19-12-10-9-11-18(19)20/h9-16H,7-8H2,1-6H3/b20-17-. The van der Waals surface area contributed by atoms with Crippen LogP contribution in [0.15, 0.2) is 65.3 Å². The number of Topliss-reactive ketones (excluding diaryl/α,β-unsaturated/α-hetero) is 1. The maximum absolute atomic E-state index is 13.2. The topological polar surface area (TPSA) is 34.1 Å². The van der Waals surface area contributed by atoms with E-state index in [-0.39, 0.29) is 22.4 Å². The summed E-state index contributed by atoms with van der Waals surface area (Å²) in [6.45, 7) is 12.7. The van der Waals surface area contributed by atoms with Crippen LogP contribution >= 0.6 is 0 Å². The van der Waals surface area contributed by atoms with Crippen LogP contribution in [0.5, 0.6) is 0 Å². The highest BCUT2D eigenvalue weighted by molar-refractivity contribution is 6.17. The van der Waals surface area contributed by atoms with Crippen LogP contribution in [0.25, 0.3) is 5.57 Å². The van der Waals surface area contributed by atoms with Gasteiger partial charge in [-0.25, -0.2) is 0 Å². The molecule has 3 rings (SSSR count). The Hall–Kier alpha value is -2.48. The van der Waals surface area contributed by atoms with Gasteiger partial charge in [0.25, 0.3) is 0 Å². The summed E-state index contributed by atoms with van der Waals surface area (Å²) in [7, 11) is 0. The summed E-state index contributed by atoms with van der Waals surface area (Å²) in [5, 5.41) is 0. The zero-order valence-electron chi connectivity index (χ0n) is 17.8. The summed E-state index contributed by atoms with van der Waals surface area (Å²) in [5.41, 5.74) is 5.00. The predicted molar refractivity (Wildman–Crippen MR) is 116 cm³/mol. The summed E-state index contributed by atoms with van der Waals surface area (Å²) in [6, 6.07) is 7.80. The van der Waals surface area contributed by atoms with E-state index in [9.17, 15) is 9.59 Å². The third-order valence-electron chi connectivity index (χ3n) is 6.51. The van der Waals surface area contributed by atoms with Gasteiger partial charge in [0.1, 0.15) is 0 Å². The normalized spacial score (nSPS) is 20.1. The first-order chi connectivity index (χ1) is 13.1. The summed E-state index contributed by atoms with van der Waals surface area (Å²) >= 11 is 0. The molecule has 0 aliphatic heterocycles. The average Bonchev–Trinajstić information content (AvgIpc) is 2.68. The third kappa shape index (κ3) is 3.37. The quantitative estimate of drug-likeness (QED) is 0.603. The molecule has 2 nitrogen and oxygen atoms in total. The Kier molecular flexibility index (Phi) is 5.18. The van der Waals surface area contributed by atoms with Gasteiger partial charge in [-0.05, 0) is 58.6 Å². The molecule has 0 saturated carbocycles. The van der Waals surface area contributed by atoms with Crippen molar-refractivity contribution >= 4 is 17.1 Å². The van der Waals surface area contributed by atoms with E-state index >= 15 is 0 Å². The van der Waals surface area contributed by atoms with E-state index in [0.717, 1.165) is 46.3 Å². The molecule has 28 heavy (non-hydrogen) atoms. The fourth-order valence-corrected chi connectivity index (χ4v) is 3.70. The number of fused-ring (bicyclic) bond motifs is 1. The lowest BCUT2D eigenvalue weighted by Crippen LogP contribution is -2.25. The van der Waals surface area contributed by atoms with Crippen LogP contribution in [0.1, 0.15) is 70.3 Å². The second-order valence-corrected chi connectivity index (χ2v) is 9.03. The van der Waals surface area contributed by atoms with Gasteiger partial charge in [0.2, 0.25) is 0 Å². The van der Waals surface area contributed by atoms with Gasteiger partial charge < -0.3 is 0 Å². The number of carbonyl (C=O) groups excluding carboxylic acids is 2. The van der Waals surface area contributed by atoms with Crippen molar-refractivity contribution in [2.45, 2.75) is 54.4 Å². The SMILES string of the molecule is CCC(C)(C)C1=C/C(=C2/C=C(C(C)(C)CC)C(=O)c3ccccc32)C=CC1=O. The van der Waals surface area contributed by atoms with E-state index < -0.39 is 0 Å². The number of hydrogen-bond donors (Lipinski definition) is 0. The van der Waals surface area contributed by atoms with Crippen LogP contribution in [0, 0.1) is 10.8 Å². The molecule has 0 N–H and O–H groups in total. The van der Waals surface area contributed by atoms with Crippen LogP contribution in [0.3, 0.4) is 0 Å². The monoisotopic (exact) mass is 374 g/mol. The summed E-state index contributed by atoms with van der Waals surface area (Å²) in [5.74, 6) is 0.190. The minimum atomic E-state index is -0.208. The van der Waals surface area contributed by atoms with Crippen LogP contribution < -0.4 is 0 Å². The molecule has 2 aliphatic rings. The fourth-order valence-electron chi connectivity index (χ4n) is 3.70. The number of allylic oxidation sites excluding steroid dienone is 8. The molecule has 0 radical (unpaired) electrons. The third-order valence-corrected chi connectivity index (χ3v) is 6.51. The molecule has 0 spiro atoms. The molecule has 2 heteroatoms. The van der Waals surface area contributed by atoms with Crippen molar-refractivity contribution in [2.24, 2.45) is 10.8 Å². The average molecular weight is 375 g/mol. The van der Waals surface area contributed by atoms with Gasteiger partial charge in [-0.1, -0.05) is 71.9 Å². The zero-order chi connectivity index (χ0) is 20.7. The molecule has 0 amide bonds. The summed E-state index contributed by atoms with van der Waals surface area (Å²) in [6.07, 6.45) is 9.42. The Labute approximate surface area is 168 Å². The van der Waals surface area contributed by atoms with Crippen LogP contribution in [-0.4, -0.2) is 11.6 Å². The Bertz CT molecular complexity index is 962. The van der Waals surface area contributed by atoms with Crippen LogP contribution in [0.2, 0.25) is 0 Å². The Morgan fingerprint density at radius 1 is 0.750 bits per heavy atom. The van der Waals surface area contributed by atoms with E-state index in [4.69, 9.17) is 0 Å². The first kappa shape index (κ1) is 20.3. The molecule has 1 aromatic carbocycles. The van der Waals surface area contributed by atoms with E-state index in [1.54, 1.807) is 6.08 Å². The van der Waals surface area contributed by atoms with Gasteiger partial charge in [0, 0.05) is 16.7 Å². The Balaban J connectivity index is 2.30. The zero-order valence-corrected chi connectivity index (χ0v) is 17.8. The molecule has 0 unspecified atom stereocenters. The Morgan fingerprint density at radius 3 is 1.93 bits per heavy atom. The molecule has 146 valence electrons. The number of ketones is 2. The first-order valence-electron chi connectivity index (χ1n) is 10.2. The van der Waals surface area contributed by atoms with E-state index in [1.165, 1.54) is 0 Å². The smallest absolute Gasteiger partial charge is 0.190 e. The van der Waals surface area contributed by atoms with Crippen molar-refractivity contribution in [3.63, 3.8) is 0 Å². The van der Waals surface area contributed by atoms with Crippen molar-refractivity contribution in [3.8, 4) is 0 Å². The van der Waals surface area contributed by atoms with Crippen LogP contribution in [0.4, 0.5) is 0 Å². The molecule has 0 bridgehead atoms. The van der Waals surface area contributed by atoms with Gasteiger partial charge in [-0.3, -0.25) is 9.59 Å². The molecule has 0 aromatic heterocycles. The molecule has 0 heterocycles. The van der Waals surface area contributed by atoms with Gasteiger partial charge in [0.15, 0.2) is 11.6 Å². The highest BCUT2D eigenvalue weighted by atomic mass is 16.1. The maximum atomic E-state index is 13.2. The van der Waals surface area contributed by atoms with E-state index in [0.29, 0.717) is 0 Å². The highest BCUT2D eigenvalue weighted by Crippen LogP contribution is 2.42. The highest BCUT2D eigenvalue weighted by Gasteiger charge is 2.34. The molecule has 0 saturated heterocycles. The van der Waals surface area contributed by atoms with Gasteiger partial charge in [0.05, 0.1) is 0 Å². The van der Waals surface area contributed by atoms with Gasteiger partial charge >= 0.3 is 0 Å². The molecular weight excluding hydrogens is 344 g/mol. The van der Waals surface area contributed by atoms with Crippen molar-refractivity contribution in [2.75, 3.05) is 0 Å². The van der Waals surface area contributed by atoms with Crippen molar-refractivity contribution in [1.82, 2.24) is 0 Å². The molecule has 1 aromatic rings. The van der Waals surface area contributed by atoms with Crippen molar-refractivity contribution < 1.29 is 9.59 Å². The number of hydrogen-bond acceptors (Lipinski definition) is 2. The number of rotatable bonds is 4. The molecule has 0 fully saturated rings. The number of carbonyl (C=O) groups is 2. The van der Waals surface area contributed by atoms with Gasteiger partial charge in [-0.15, -0.1) is 0 Å². The molecular formula is C26H30O2. The van der Waals surface area contributed by atoms with E-state index in [2.05, 4.69) is 47.6 Å². The second-order valence-electron chi connectivity index (χ2n) is 9.03. The summed E-state index contributed by atoms with van der Waals surface area (Å²) < 4.78 is 0. The lowest BCUT2D eigenvalue weighted by Gasteiger charge is -2.31. The summed E-state index contributed by atoms with van der Waals surface area (Å²) in [4.78, 5) is 25.7. The maximum Gasteiger partial charge on any atom is 0.190 e.